The van der Waals surface area contributed by atoms with Crippen LogP contribution >= 0.6 is 0 Å². The van der Waals surface area contributed by atoms with Crippen LogP contribution in [0, 0.1) is 0 Å². The number of fused-ring (bicyclic) bond motifs is 2. The minimum absolute atomic E-state index is 0.0548. The Balaban J connectivity index is 0.953. The number of aromatic nitrogens is 1. The summed E-state index contributed by atoms with van der Waals surface area (Å²) < 4.78 is 6.34. The number of likely N-dealkylation sites (tertiary alicyclic amines) is 1. The molecular weight excluding hydrogens is 534 g/mol. The first-order valence-corrected chi connectivity index (χ1v) is 14.9. The Labute approximate surface area is 244 Å². The monoisotopic (exact) mass is 569 g/mol. The van der Waals surface area contributed by atoms with E-state index in [1.807, 2.05) is 12.1 Å². The number of pyridine rings is 1. The number of nitrogens with zero attached hydrogens (tertiary/aromatic N) is 4. The number of hydrogen-bond acceptors (Lipinski definition) is 8. The molecule has 218 valence electrons. The zero-order valence-electron chi connectivity index (χ0n) is 23.5. The molecule has 3 fully saturated rings. The number of aliphatic hydroxyl groups excluding tert-OH is 1. The van der Waals surface area contributed by atoms with Gasteiger partial charge in [-0.05, 0) is 79.3 Å². The minimum Gasteiger partial charge on any atom is -0.489 e. The van der Waals surface area contributed by atoms with Crippen molar-refractivity contribution < 1.29 is 24.2 Å². The fraction of sp³-hybridized carbons (Fsp3) is 0.438. The molecule has 0 spiro atoms. The van der Waals surface area contributed by atoms with Crippen molar-refractivity contribution in [2.24, 2.45) is 0 Å². The molecule has 4 aliphatic rings. The second-order valence-electron chi connectivity index (χ2n) is 11.9. The number of rotatable bonds is 6. The van der Waals surface area contributed by atoms with Crippen LogP contribution in [0.1, 0.15) is 53.6 Å². The summed E-state index contributed by atoms with van der Waals surface area (Å²) in [6.45, 7) is 4.59. The van der Waals surface area contributed by atoms with Crippen molar-refractivity contribution in [2.45, 2.75) is 63.4 Å². The molecule has 3 saturated heterocycles. The van der Waals surface area contributed by atoms with Crippen molar-refractivity contribution in [2.75, 3.05) is 31.1 Å². The molecule has 2 atom stereocenters. The summed E-state index contributed by atoms with van der Waals surface area (Å²) in [5.41, 5.74) is 3.66. The van der Waals surface area contributed by atoms with Crippen LogP contribution in [-0.4, -0.2) is 82.0 Å². The van der Waals surface area contributed by atoms with E-state index in [9.17, 15) is 19.5 Å². The van der Waals surface area contributed by atoms with Crippen LogP contribution in [0.3, 0.4) is 0 Å². The van der Waals surface area contributed by atoms with E-state index in [1.165, 1.54) is 5.56 Å². The Bertz CT molecular complexity index is 1550. The largest absolute Gasteiger partial charge is 0.489 e. The lowest BCUT2D eigenvalue weighted by Crippen LogP contribution is -2.52. The maximum absolute atomic E-state index is 13.0. The standard InChI is InChI=1S/C32H35N5O5/c38-23-9-13-36(14-10-23)29-7-2-21-15-20(1-5-27(21)33-29)17-35-12-11-25(19-35)42-24-3-4-26-22(16-24)18-37(32(26)41)28-6-8-30(39)34-31(28)40/h1-5,7,15-16,23,25,28,38H,6,8-14,17-19H2,(H,34,39,40)/t25-,28?/m0/s1. The number of aliphatic hydroxyl groups is 1. The second kappa shape index (κ2) is 11.0. The Morgan fingerprint density at radius 3 is 2.64 bits per heavy atom. The number of carbonyl (C=O) groups excluding carboxylic acids is 3. The summed E-state index contributed by atoms with van der Waals surface area (Å²) >= 11 is 0. The number of nitrogens with one attached hydrogen (secondary N) is 1. The topological polar surface area (TPSA) is 115 Å². The van der Waals surface area contributed by atoms with Crippen molar-refractivity contribution in [1.82, 2.24) is 20.1 Å². The lowest BCUT2D eigenvalue weighted by atomic mass is 10.0. The number of hydrogen-bond donors (Lipinski definition) is 2. The number of carbonyl (C=O) groups is 3. The molecule has 7 rings (SSSR count). The van der Waals surface area contributed by atoms with Gasteiger partial charge in [0.1, 0.15) is 23.7 Å². The lowest BCUT2D eigenvalue weighted by molar-refractivity contribution is -0.136. The molecule has 10 heteroatoms. The molecule has 0 radical (unpaired) electrons. The molecular formula is C32H35N5O5. The molecule has 3 amide bonds. The summed E-state index contributed by atoms with van der Waals surface area (Å²) in [6.07, 6.45) is 2.94. The Morgan fingerprint density at radius 2 is 1.81 bits per heavy atom. The predicted octanol–water partition coefficient (Wildman–Crippen LogP) is 2.61. The van der Waals surface area contributed by atoms with Crippen LogP contribution in [0.15, 0.2) is 48.5 Å². The van der Waals surface area contributed by atoms with E-state index in [0.29, 0.717) is 18.5 Å². The van der Waals surface area contributed by atoms with Crippen molar-refractivity contribution in [3.05, 3.63) is 65.2 Å². The number of imide groups is 1. The fourth-order valence-electron chi connectivity index (χ4n) is 6.65. The van der Waals surface area contributed by atoms with Gasteiger partial charge in [-0.15, -0.1) is 0 Å². The smallest absolute Gasteiger partial charge is 0.255 e. The van der Waals surface area contributed by atoms with Crippen LogP contribution in [0.2, 0.25) is 0 Å². The molecule has 4 aliphatic heterocycles. The van der Waals surface area contributed by atoms with Gasteiger partial charge in [0.05, 0.1) is 11.6 Å². The number of ether oxygens (including phenoxy) is 1. The summed E-state index contributed by atoms with van der Waals surface area (Å²) in [7, 11) is 0. The first kappa shape index (κ1) is 26.9. The Hall–Kier alpha value is -4.02. The average Bonchev–Trinajstić information content (AvgIpc) is 3.56. The van der Waals surface area contributed by atoms with Gasteiger partial charge < -0.3 is 19.6 Å². The molecule has 2 aromatic carbocycles. The van der Waals surface area contributed by atoms with E-state index in [4.69, 9.17) is 9.72 Å². The third-order valence-corrected chi connectivity index (χ3v) is 8.96. The summed E-state index contributed by atoms with van der Waals surface area (Å²) in [4.78, 5) is 47.9. The predicted molar refractivity (Wildman–Crippen MR) is 156 cm³/mol. The van der Waals surface area contributed by atoms with Crippen molar-refractivity contribution in [3.63, 3.8) is 0 Å². The van der Waals surface area contributed by atoms with Gasteiger partial charge in [0, 0.05) is 56.6 Å². The van der Waals surface area contributed by atoms with Crippen LogP contribution in [0.25, 0.3) is 10.9 Å². The van der Waals surface area contributed by atoms with E-state index < -0.39 is 11.9 Å². The van der Waals surface area contributed by atoms with Crippen molar-refractivity contribution in [3.8, 4) is 5.75 Å². The molecule has 42 heavy (non-hydrogen) atoms. The molecule has 3 aromatic rings. The molecule has 10 nitrogen and oxygen atoms in total. The summed E-state index contributed by atoms with van der Waals surface area (Å²) in [5, 5.41) is 13.3. The quantitative estimate of drug-likeness (QED) is 0.436. The second-order valence-corrected chi connectivity index (χ2v) is 11.9. The zero-order valence-corrected chi connectivity index (χ0v) is 23.5. The Kier molecular flexibility index (Phi) is 7.03. The van der Waals surface area contributed by atoms with E-state index in [0.717, 1.165) is 80.0 Å². The van der Waals surface area contributed by atoms with Crippen molar-refractivity contribution >= 4 is 34.4 Å². The lowest BCUT2D eigenvalue weighted by Gasteiger charge is -2.30. The molecule has 0 aliphatic carbocycles. The number of piperidine rings is 2. The molecule has 5 heterocycles. The summed E-state index contributed by atoms with van der Waals surface area (Å²) in [5.74, 6) is 0.840. The average molecular weight is 570 g/mol. The highest BCUT2D eigenvalue weighted by atomic mass is 16.5. The Morgan fingerprint density at radius 1 is 0.952 bits per heavy atom. The van der Waals surface area contributed by atoms with Crippen LogP contribution in [0.4, 0.5) is 5.82 Å². The SMILES string of the molecule is O=C1CCC(N2Cc3cc(O[C@H]4CCN(Cc5ccc6nc(N7CCC(O)CC7)ccc6c5)C4)ccc3C2=O)C(=O)N1. The van der Waals surface area contributed by atoms with E-state index in [1.54, 1.807) is 11.0 Å². The van der Waals surface area contributed by atoms with Gasteiger partial charge in [0.15, 0.2) is 0 Å². The number of benzene rings is 2. The molecule has 0 saturated carbocycles. The highest BCUT2D eigenvalue weighted by Crippen LogP contribution is 2.31. The normalized spacial score (nSPS) is 23.5. The molecule has 0 bridgehead atoms. The maximum Gasteiger partial charge on any atom is 0.255 e. The minimum atomic E-state index is -0.618. The highest BCUT2D eigenvalue weighted by Gasteiger charge is 2.39. The first-order chi connectivity index (χ1) is 20.4. The maximum atomic E-state index is 13.0. The van der Waals surface area contributed by atoms with Gasteiger partial charge in [-0.1, -0.05) is 6.07 Å². The van der Waals surface area contributed by atoms with Gasteiger partial charge in [-0.3, -0.25) is 24.6 Å². The fourth-order valence-corrected chi connectivity index (χ4v) is 6.65. The molecule has 1 aromatic heterocycles. The van der Waals surface area contributed by atoms with Gasteiger partial charge in [-0.25, -0.2) is 4.98 Å². The van der Waals surface area contributed by atoms with Gasteiger partial charge in [0.25, 0.3) is 5.91 Å². The van der Waals surface area contributed by atoms with Crippen molar-refractivity contribution in [1.29, 1.82) is 0 Å². The summed E-state index contributed by atoms with van der Waals surface area (Å²) in [6, 6.07) is 15.6. The van der Waals surface area contributed by atoms with E-state index >= 15 is 0 Å². The third kappa shape index (κ3) is 5.32. The van der Waals surface area contributed by atoms with Gasteiger partial charge in [-0.2, -0.15) is 0 Å². The number of anilines is 1. The molecule has 1 unspecified atom stereocenters. The van der Waals surface area contributed by atoms with Gasteiger partial charge in [0.2, 0.25) is 11.8 Å². The van der Waals surface area contributed by atoms with Crippen LogP contribution in [-0.2, 0) is 22.7 Å². The highest BCUT2D eigenvalue weighted by molar-refractivity contribution is 6.05. The van der Waals surface area contributed by atoms with Crippen LogP contribution < -0.4 is 15.0 Å². The van der Waals surface area contributed by atoms with E-state index in [2.05, 4.69) is 45.4 Å². The molecule has 2 N–H and O–H groups in total. The first-order valence-electron chi connectivity index (χ1n) is 14.9. The van der Waals surface area contributed by atoms with E-state index in [-0.39, 0.29) is 30.4 Å². The van der Waals surface area contributed by atoms with Crippen LogP contribution in [0.5, 0.6) is 5.75 Å². The third-order valence-electron chi connectivity index (χ3n) is 8.96. The van der Waals surface area contributed by atoms with Gasteiger partial charge >= 0.3 is 0 Å². The number of amides is 3. The zero-order chi connectivity index (χ0) is 28.8.